The Balaban J connectivity index is 2.11. The van der Waals surface area contributed by atoms with Gasteiger partial charge in [-0.05, 0) is 45.6 Å². The fourth-order valence-electron chi connectivity index (χ4n) is 2.48. The van der Waals surface area contributed by atoms with Crippen molar-refractivity contribution in [2.75, 3.05) is 38.6 Å². The van der Waals surface area contributed by atoms with E-state index in [0.717, 1.165) is 43.7 Å². The molecule has 1 heterocycles. The molecule has 0 saturated heterocycles. The fourth-order valence-corrected chi connectivity index (χ4v) is 2.48. The Morgan fingerprint density at radius 3 is 2.83 bits per heavy atom. The van der Waals surface area contributed by atoms with Gasteiger partial charge in [0, 0.05) is 30.8 Å². The van der Waals surface area contributed by atoms with Crippen LogP contribution in [-0.2, 0) is 0 Å². The largest absolute Gasteiger partial charge is 0.371 e. The standard InChI is InChI=1S/C15H22N2O/c1-16(2)10-6-12-17-11-5-9-15(18)13-7-3-4-8-14(13)17/h3-4,7-8H,5-6,9-12H2,1-2H3. The van der Waals surface area contributed by atoms with Gasteiger partial charge in [0.15, 0.2) is 5.78 Å². The number of nitrogens with zero attached hydrogens (tertiary/aromatic N) is 2. The van der Waals surface area contributed by atoms with Crippen LogP contribution in [0.3, 0.4) is 0 Å². The second-order valence-electron chi connectivity index (χ2n) is 5.19. The van der Waals surface area contributed by atoms with Crippen LogP contribution in [0.4, 0.5) is 5.69 Å². The minimum absolute atomic E-state index is 0.292. The third-order valence-electron chi connectivity index (χ3n) is 3.41. The smallest absolute Gasteiger partial charge is 0.165 e. The number of carbonyl (C=O) groups excluding carboxylic acids is 1. The molecule has 3 heteroatoms. The first-order chi connectivity index (χ1) is 8.68. The number of ketones is 1. The Kier molecular flexibility index (Phi) is 4.37. The first-order valence-corrected chi connectivity index (χ1v) is 6.70. The van der Waals surface area contributed by atoms with Gasteiger partial charge in [-0.3, -0.25) is 4.79 Å². The van der Waals surface area contributed by atoms with Crippen LogP contribution < -0.4 is 4.90 Å². The zero-order valence-corrected chi connectivity index (χ0v) is 11.4. The van der Waals surface area contributed by atoms with E-state index in [9.17, 15) is 4.79 Å². The van der Waals surface area contributed by atoms with E-state index in [2.05, 4.69) is 30.0 Å². The topological polar surface area (TPSA) is 23.6 Å². The summed E-state index contributed by atoms with van der Waals surface area (Å²) in [4.78, 5) is 16.6. The van der Waals surface area contributed by atoms with Crippen molar-refractivity contribution < 1.29 is 4.79 Å². The number of hydrogen-bond acceptors (Lipinski definition) is 3. The average molecular weight is 246 g/mol. The summed E-state index contributed by atoms with van der Waals surface area (Å²) in [5.74, 6) is 0.292. The van der Waals surface area contributed by atoms with Crippen LogP contribution in [-0.4, -0.2) is 44.4 Å². The number of fused-ring (bicyclic) bond motifs is 1. The molecule has 1 aliphatic rings. The number of hydrogen-bond donors (Lipinski definition) is 0. The van der Waals surface area contributed by atoms with Crippen LogP contribution in [0.15, 0.2) is 24.3 Å². The molecule has 0 aliphatic carbocycles. The van der Waals surface area contributed by atoms with Gasteiger partial charge < -0.3 is 9.80 Å². The zero-order chi connectivity index (χ0) is 13.0. The lowest BCUT2D eigenvalue weighted by Gasteiger charge is -2.25. The Labute approximate surface area is 109 Å². The Morgan fingerprint density at radius 2 is 2.06 bits per heavy atom. The normalized spacial score (nSPS) is 15.7. The number of Topliss-reactive ketones (excluding diaryl/α,β-unsaturated/α-hetero) is 1. The maximum absolute atomic E-state index is 12.0. The molecule has 0 fully saturated rings. The van der Waals surface area contributed by atoms with Crippen molar-refractivity contribution in [3.8, 4) is 0 Å². The highest BCUT2D eigenvalue weighted by Gasteiger charge is 2.19. The van der Waals surface area contributed by atoms with Crippen LogP contribution in [0.1, 0.15) is 29.6 Å². The maximum Gasteiger partial charge on any atom is 0.165 e. The lowest BCUT2D eigenvalue weighted by Crippen LogP contribution is -2.28. The van der Waals surface area contributed by atoms with E-state index in [-0.39, 0.29) is 0 Å². The predicted octanol–water partition coefficient (Wildman–Crippen LogP) is 2.42. The van der Waals surface area contributed by atoms with Crippen molar-refractivity contribution in [2.45, 2.75) is 19.3 Å². The number of benzene rings is 1. The van der Waals surface area contributed by atoms with Crippen LogP contribution >= 0.6 is 0 Å². The van der Waals surface area contributed by atoms with E-state index in [0.29, 0.717) is 12.2 Å². The second kappa shape index (κ2) is 6.01. The minimum atomic E-state index is 0.292. The van der Waals surface area contributed by atoms with E-state index in [4.69, 9.17) is 0 Å². The highest BCUT2D eigenvalue weighted by Crippen LogP contribution is 2.26. The zero-order valence-electron chi connectivity index (χ0n) is 11.4. The average Bonchev–Trinajstić information content (AvgIpc) is 2.50. The Bertz CT molecular complexity index is 415. The van der Waals surface area contributed by atoms with Crippen molar-refractivity contribution in [2.24, 2.45) is 0 Å². The molecule has 0 spiro atoms. The first-order valence-electron chi connectivity index (χ1n) is 6.70. The SMILES string of the molecule is CN(C)CCCN1CCCC(=O)c2ccccc21. The molecular formula is C15H22N2O. The molecule has 0 saturated carbocycles. The highest BCUT2D eigenvalue weighted by atomic mass is 16.1. The van der Waals surface area contributed by atoms with E-state index in [1.807, 2.05) is 18.2 Å². The van der Waals surface area contributed by atoms with Crippen molar-refractivity contribution in [1.29, 1.82) is 0 Å². The first kappa shape index (κ1) is 13.1. The van der Waals surface area contributed by atoms with Gasteiger partial charge in [-0.2, -0.15) is 0 Å². The third kappa shape index (κ3) is 3.10. The predicted molar refractivity (Wildman–Crippen MR) is 75.4 cm³/mol. The van der Waals surface area contributed by atoms with Gasteiger partial charge in [0.25, 0.3) is 0 Å². The van der Waals surface area contributed by atoms with Gasteiger partial charge in [-0.1, -0.05) is 12.1 Å². The number of carbonyl (C=O) groups is 1. The molecule has 1 aromatic rings. The number of rotatable bonds is 4. The molecule has 0 aromatic heterocycles. The monoisotopic (exact) mass is 246 g/mol. The second-order valence-corrected chi connectivity index (χ2v) is 5.19. The van der Waals surface area contributed by atoms with E-state index in [1.54, 1.807) is 0 Å². The lowest BCUT2D eigenvalue weighted by molar-refractivity contribution is 0.0984. The molecule has 0 N–H and O–H groups in total. The number of anilines is 1. The molecule has 0 amide bonds. The van der Waals surface area contributed by atoms with Crippen molar-refractivity contribution in [1.82, 2.24) is 4.90 Å². The molecule has 2 rings (SSSR count). The summed E-state index contributed by atoms with van der Waals surface area (Å²) in [6, 6.07) is 8.02. The molecule has 0 bridgehead atoms. The Morgan fingerprint density at radius 1 is 1.28 bits per heavy atom. The lowest BCUT2D eigenvalue weighted by atomic mass is 10.1. The van der Waals surface area contributed by atoms with Crippen molar-refractivity contribution in [3.05, 3.63) is 29.8 Å². The molecule has 3 nitrogen and oxygen atoms in total. The van der Waals surface area contributed by atoms with Crippen LogP contribution in [0.2, 0.25) is 0 Å². The van der Waals surface area contributed by atoms with E-state index in [1.165, 1.54) is 0 Å². The summed E-state index contributed by atoms with van der Waals surface area (Å²) in [7, 11) is 4.19. The fraction of sp³-hybridized carbons (Fsp3) is 0.533. The van der Waals surface area contributed by atoms with Gasteiger partial charge in [0.1, 0.15) is 0 Å². The van der Waals surface area contributed by atoms with Gasteiger partial charge >= 0.3 is 0 Å². The summed E-state index contributed by atoms with van der Waals surface area (Å²) in [6.07, 6.45) is 2.78. The summed E-state index contributed by atoms with van der Waals surface area (Å²) in [6.45, 7) is 3.12. The van der Waals surface area contributed by atoms with Crippen LogP contribution in [0.25, 0.3) is 0 Å². The van der Waals surface area contributed by atoms with E-state index < -0.39 is 0 Å². The van der Waals surface area contributed by atoms with Gasteiger partial charge in [-0.25, -0.2) is 0 Å². The van der Waals surface area contributed by atoms with Gasteiger partial charge in [0.05, 0.1) is 0 Å². The molecule has 18 heavy (non-hydrogen) atoms. The summed E-state index contributed by atoms with van der Waals surface area (Å²) >= 11 is 0. The molecule has 98 valence electrons. The summed E-state index contributed by atoms with van der Waals surface area (Å²) < 4.78 is 0. The van der Waals surface area contributed by atoms with Gasteiger partial charge in [-0.15, -0.1) is 0 Å². The van der Waals surface area contributed by atoms with Crippen LogP contribution in [0.5, 0.6) is 0 Å². The molecule has 1 aliphatic heterocycles. The molecule has 1 aromatic carbocycles. The molecular weight excluding hydrogens is 224 g/mol. The van der Waals surface area contributed by atoms with Crippen molar-refractivity contribution >= 4 is 11.5 Å². The molecule has 0 unspecified atom stereocenters. The Hall–Kier alpha value is -1.35. The summed E-state index contributed by atoms with van der Waals surface area (Å²) in [5, 5.41) is 0. The summed E-state index contributed by atoms with van der Waals surface area (Å²) in [5.41, 5.74) is 2.03. The molecule has 0 radical (unpaired) electrons. The quantitative estimate of drug-likeness (QED) is 0.815. The number of para-hydroxylation sites is 1. The van der Waals surface area contributed by atoms with Crippen molar-refractivity contribution in [3.63, 3.8) is 0 Å². The third-order valence-corrected chi connectivity index (χ3v) is 3.41. The van der Waals surface area contributed by atoms with Crippen LogP contribution in [0, 0.1) is 0 Å². The van der Waals surface area contributed by atoms with E-state index >= 15 is 0 Å². The highest BCUT2D eigenvalue weighted by molar-refractivity contribution is 6.01. The molecule has 0 atom stereocenters. The van der Waals surface area contributed by atoms with Gasteiger partial charge in [0.2, 0.25) is 0 Å². The minimum Gasteiger partial charge on any atom is -0.371 e. The maximum atomic E-state index is 12.0.